The van der Waals surface area contributed by atoms with Gasteiger partial charge in [-0.05, 0) is 0 Å². The molecule has 0 radical (unpaired) electrons. The predicted octanol–water partition coefficient (Wildman–Crippen LogP) is 5.95. The van der Waals surface area contributed by atoms with Crippen LogP contribution >= 0.6 is 17.2 Å². The van der Waals surface area contributed by atoms with Gasteiger partial charge < -0.3 is 0 Å². The van der Waals surface area contributed by atoms with Gasteiger partial charge in [-0.1, -0.05) is 0 Å². The predicted molar refractivity (Wildman–Crippen MR) is 134 cm³/mol. The topological polar surface area (TPSA) is 39.4 Å². The van der Waals surface area contributed by atoms with E-state index in [4.69, 9.17) is 20.4 Å². The molecule has 0 fully saturated rings. The normalized spacial score (nSPS) is 12.7. The van der Waals surface area contributed by atoms with Crippen molar-refractivity contribution < 1.29 is 13.9 Å². The molecule has 4 rings (SSSR count). The second-order valence-corrected chi connectivity index (χ2v) is 14.2. The van der Waals surface area contributed by atoms with Crippen molar-refractivity contribution in [3.05, 3.63) is 114 Å². The second-order valence-electron chi connectivity index (χ2n) is 7.77. The quantitative estimate of drug-likeness (QED) is 0.251. The minimum absolute atomic E-state index is 0.311. The monoisotopic (exact) mass is 464 g/mol. The Bertz CT molecular complexity index is 1100. The number of esters is 1. The third-order valence-electron chi connectivity index (χ3n) is 5.96. The number of furan rings is 1. The summed E-state index contributed by atoms with van der Waals surface area (Å²) in [5, 5.41) is 3.14. The summed E-state index contributed by atoms with van der Waals surface area (Å²) in [6, 6.07) is 30.6. The summed E-state index contributed by atoms with van der Waals surface area (Å²) in [4.78, 5) is 12.4. The number of rotatable bonds is 7. The van der Waals surface area contributed by atoms with Crippen LogP contribution in [0.15, 0.2) is 102 Å². The van der Waals surface area contributed by atoms with E-state index < -0.39 is 5.96 Å². The van der Waals surface area contributed by atoms with Crippen molar-refractivity contribution in [2.75, 3.05) is 6.61 Å². The molecular weight excluding hydrogens is 439 g/mol. The molecule has 0 saturated heterocycles. The van der Waals surface area contributed by atoms with E-state index in [0.717, 1.165) is 21.5 Å². The van der Waals surface area contributed by atoms with Crippen LogP contribution in [0.5, 0.6) is 0 Å². The van der Waals surface area contributed by atoms with Crippen molar-refractivity contribution >= 4 is 39.1 Å². The van der Waals surface area contributed by atoms with Crippen LogP contribution in [0.3, 0.4) is 0 Å². The molecule has 0 spiro atoms. The molecule has 0 atom stereocenters. The van der Waals surface area contributed by atoms with Crippen LogP contribution in [-0.4, -0.2) is 12.6 Å². The molecule has 0 aliphatic rings. The molecule has 0 amide bonds. The van der Waals surface area contributed by atoms with E-state index in [2.05, 4.69) is 36.4 Å². The van der Waals surface area contributed by atoms with E-state index in [1.165, 1.54) is 6.26 Å². The standard InChI is InChI=1S/C27H26ClO3P/c1-3-30-27(29)25-19-31-26(21(25)2)20-32(28,22-13-7-4-8-14-22,23-15-9-5-10-16-23)24-17-11-6-12-18-24/h4-19H,3,20H2,1-2H3. The fourth-order valence-corrected chi connectivity index (χ4v) is 10.2. The molecule has 1 aromatic heterocycles. The van der Waals surface area contributed by atoms with Crippen LogP contribution in [0.2, 0.25) is 0 Å². The number of benzene rings is 3. The first-order valence-corrected chi connectivity index (χ1v) is 14.0. The van der Waals surface area contributed by atoms with Crippen LogP contribution < -0.4 is 15.9 Å². The third kappa shape index (κ3) is 3.66. The molecule has 3 aromatic carbocycles. The van der Waals surface area contributed by atoms with Gasteiger partial charge in [0.25, 0.3) is 0 Å². The van der Waals surface area contributed by atoms with Crippen molar-refractivity contribution in [3.8, 4) is 0 Å². The number of ether oxygens (including phenoxy) is 1. The SMILES string of the molecule is CCOC(=O)c1coc(CP(Cl)(c2ccccc2)(c2ccccc2)c2ccccc2)c1C. The fourth-order valence-electron chi connectivity index (χ4n) is 4.23. The van der Waals surface area contributed by atoms with E-state index >= 15 is 0 Å². The van der Waals surface area contributed by atoms with E-state index in [-0.39, 0.29) is 5.97 Å². The summed E-state index contributed by atoms with van der Waals surface area (Å²) in [7, 11) is 0. The molecule has 1 heterocycles. The van der Waals surface area contributed by atoms with Crippen molar-refractivity contribution in [1.82, 2.24) is 0 Å². The summed E-state index contributed by atoms with van der Waals surface area (Å²) in [5.41, 5.74) is 1.21. The first-order valence-electron chi connectivity index (χ1n) is 10.6. The van der Waals surface area contributed by atoms with Crippen LogP contribution in [0.25, 0.3) is 0 Å². The van der Waals surface area contributed by atoms with Crippen LogP contribution in [-0.2, 0) is 10.9 Å². The average molecular weight is 465 g/mol. The molecule has 3 nitrogen and oxygen atoms in total. The number of halogens is 1. The van der Waals surface area contributed by atoms with Gasteiger partial charge in [-0.3, -0.25) is 0 Å². The molecule has 0 saturated carbocycles. The van der Waals surface area contributed by atoms with E-state index in [1.54, 1.807) is 6.92 Å². The number of hydrogen-bond acceptors (Lipinski definition) is 3. The zero-order valence-electron chi connectivity index (χ0n) is 18.2. The Morgan fingerprint density at radius 3 is 1.69 bits per heavy atom. The summed E-state index contributed by atoms with van der Waals surface area (Å²) in [5.74, 6) is -3.22. The molecule has 32 heavy (non-hydrogen) atoms. The van der Waals surface area contributed by atoms with Gasteiger partial charge in [0.2, 0.25) is 0 Å². The molecule has 164 valence electrons. The van der Waals surface area contributed by atoms with Crippen molar-refractivity contribution in [3.63, 3.8) is 0 Å². The molecule has 4 aromatic rings. The van der Waals surface area contributed by atoms with Crippen molar-refractivity contribution in [2.45, 2.75) is 20.0 Å². The Labute approximate surface area is 193 Å². The van der Waals surface area contributed by atoms with Gasteiger partial charge in [-0.15, -0.1) is 0 Å². The Balaban J connectivity index is 2.01. The van der Waals surface area contributed by atoms with Gasteiger partial charge in [0.15, 0.2) is 0 Å². The summed E-state index contributed by atoms with van der Waals surface area (Å²) < 4.78 is 11.2. The zero-order valence-corrected chi connectivity index (χ0v) is 19.9. The molecule has 5 heteroatoms. The number of carbonyl (C=O) groups excluding carboxylic acids is 1. The van der Waals surface area contributed by atoms with Gasteiger partial charge in [0.1, 0.15) is 0 Å². The van der Waals surface area contributed by atoms with E-state index in [0.29, 0.717) is 24.1 Å². The Hall–Kier alpha value is -2.87. The molecule has 0 aliphatic heterocycles. The Kier molecular flexibility index (Phi) is 6.24. The van der Waals surface area contributed by atoms with Gasteiger partial charge >= 0.3 is 194 Å². The molecule has 0 N–H and O–H groups in total. The Morgan fingerprint density at radius 2 is 1.28 bits per heavy atom. The van der Waals surface area contributed by atoms with Gasteiger partial charge in [0, 0.05) is 0 Å². The molecule has 0 unspecified atom stereocenters. The molecule has 0 bridgehead atoms. The summed E-state index contributed by atoms with van der Waals surface area (Å²) >= 11 is 8.08. The maximum atomic E-state index is 12.4. The van der Waals surface area contributed by atoms with Gasteiger partial charge in [-0.2, -0.15) is 0 Å². The van der Waals surface area contributed by atoms with Gasteiger partial charge in [0.05, 0.1) is 0 Å². The average Bonchev–Trinajstić information content (AvgIpc) is 3.20. The zero-order chi connectivity index (χ0) is 22.6. The fraction of sp³-hybridized carbons (Fsp3) is 0.148. The second kappa shape index (κ2) is 8.94. The molecular formula is C27H26ClO3P. The van der Waals surface area contributed by atoms with Crippen molar-refractivity contribution in [2.24, 2.45) is 0 Å². The van der Waals surface area contributed by atoms with Crippen molar-refractivity contribution in [1.29, 1.82) is 0 Å². The van der Waals surface area contributed by atoms with Crippen LogP contribution in [0.1, 0.15) is 28.6 Å². The Morgan fingerprint density at radius 1 is 0.844 bits per heavy atom. The van der Waals surface area contributed by atoms with E-state index in [1.807, 2.05) is 61.5 Å². The summed E-state index contributed by atoms with van der Waals surface area (Å²) in [6.07, 6.45) is 1.93. The maximum absolute atomic E-state index is 12.4. The first kappa shape index (κ1) is 22.3. The first-order chi connectivity index (χ1) is 15.5. The third-order valence-corrected chi connectivity index (χ3v) is 13.1. The number of hydrogen-bond donors (Lipinski definition) is 0. The van der Waals surface area contributed by atoms with Gasteiger partial charge in [-0.25, -0.2) is 0 Å². The summed E-state index contributed by atoms with van der Waals surface area (Å²) in [6.45, 7) is 4.00. The minimum atomic E-state index is -3.53. The van der Waals surface area contributed by atoms with E-state index in [9.17, 15) is 4.79 Å². The number of carbonyl (C=O) groups is 1. The van der Waals surface area contributed by atoms with Crippen LogP contribution in [0, 0.1) is 6.92 Å². The van der Waals surface area contributed by atoms with Crippen LogP contribution in [0.4, 0.5) is 0 Å². The molecule has 0 aliphatic carbocycles.